The molecule has 0 saturated heterocycles. The highest BCUT2D eigenvalue weighted by Crippen LogP contribution is 2.27. The van der Waals surface area contributed by atoms with Crippen molar-refractivity contribution in [3.8, 4) is 17.4 Å². The van der Waals surface area contributed by atoms with Crippen molar-refractivity contribution in [2.24, 2.45) is 0 Å². The summed E-state index contributed by atoms with van der Waals surface area (Å²) in [5.41, 5.74) is 1.07. The highest BCUT2D eigenvalue weighted by molar-refractivity contribution is 7.95. The fourth-order valence-electron chi connectivity index (χ4n) is 2.51. The minimum Gasteiger partial charge on any atom is -0.465 e. The van der Waals surface area contributed by atoms with E-state index in [-0.39, 0.29) is 10.7 Å². The lowest BCUT2D eigenvalue weighted by molar-refractivity contribution is 0.0600. The first-order valence-corrected chi connectivity index (χ1v) is 10.1. The van der Waals surface area contributed by atoms with Crippen molar-refractivity contribution >= 4 is 33.5 Å². The Bertz CT molecular complexity index is 1220. The Labute approximate surface area is 172 Å². The van der Waals surface area contributed by atoms with Crippen molar-refractivity contribution in [2.75, 3.05) is 7.11 Å². The second-order valence-electron chi connectivity index (χ2n) is 5.85. The van der Waals surface area contributed by atoms with Gasteiger partial charge in [0.2, 0.25) is 9.84 Å². The van der Waals surface area contributed by atoms with Crippen LogP contribution in [0.4, 0.5) is 0 Å². The summed E-state index contributed by atoms with van der Waals surface area (Å²) in [6, 6.07) is 17.0. The van der Waals surface area contributed by atoms with Crippen LogP contribution in [0, 0.1) is 11.3 Å². The molecule has 0 fully saturated rings. The molecular formula is C21H14ClNO5S. The summed E-state index contributed by atoms with van der Waals surface area (Å²) in [5, 5.41) is 9.75. The van der Waals surface area contributed by atoms with E-state index in [1.165, 1.54) is 31.4 Å². The molecule has 0 amide bonds. The molecule has 146 valence electrons. The van der Waals surface area contributed by atoms with E-state index in [4.69, 9.17) is 16.0 Å². The summed E-state index contributed by atoms with van der Waals surface area (Å²) in [6.07, 6.45) is 1.16. The second kappa shape index (κ2) is 8.35. The highest BCUT2D eigenvalue weighted by atomic mass is 35.5. The van der Waals surface area contributed by atoms with Crippen molar-refractivity contribution in [1.29, 1.82) is 5.26 Å². The molecule has 0 N–H and O–H groups in total. The van der Waals surface area contributed by atoms with Gasteiger partial charge in [-0.3, -0.25) is 0 Å². The lowest BCUT2D eigenvalue weighted by Crippen LogP contribution is -2.03. The van der Waals surface area contributed by atoms with Gasteiger partial charge in [-0.2, -0.15) is 5.26 Å². The van der Waals surface area contributed by atoms with Crippen LogP contribution in [-0.4, -0.2) is 21.5 Å². The van der Waals surface area contributed by atoms with E-state index >= 15 is 0 Å². The zero-order valence-corrected chi connectivity index (χ0v) is 16.7. The fourth-order valence-corrected chi connectivity index (χ4v) is 3.78. The topological polar surface area (TPSA) is 97.4 Å². The average Bonchev–Trinajstić information content (AvgIpc) is 3.20. The lowest BCUT2D eigenvalue weighted by atomic mass is 10.1. The number of nitrogens with zero attached hydrogens (tertiary/aromatic N) is 1. The lowest BCUT2D eigenvalue weighted by Gasteiger charge is -2.03. The van der Waals surface area contributed by atoms with E-state index < -0.39 is 20.7 Å². The van der Waals surface area contributed by atoms with Crippen LogP contribution in [0.25, 0.3) is 17.4 Å². The standard InChI is InChI=1S/C21H14ClNO5S/c1-27-21(24)15-4-2-14(3-5-15)20-11-8-17(28-20)12-19(13-23)29(25,26)18-9-6-16(22)7-10-18/h2-12H,1H3/b19-12-. The van der Waals surface area contributed by atoms with Gasteiger partial charge in [0.1, 0.15) is 17.6 Å². The first kappa shape index (κ1) is 20.4. The van der Waals surface area contributed by atoms with Gasteiger partial charge in [0, 0.05) is 16.7 Å². The van der Waals surface area contributed by atoms with Gasteiger partial charge in [0.05, 0.1) is 17.6 Å². The van der Waals surface area contributed by atoms with Crippen LogP contribution < -0.4 is 0 Å². The van der Waals surface area contributed by atoms with Crippen LogP contribution in [0.2, 0.25) is 5.02 Å². The number of methoxy groups -OCH3 is 1. The maximum absolute atomic E-state index is 12.7. The molecule has 0 aliphatic heterocycles. The van der Waals surface area contributed by atoms with E-state index in [2.05, 4.69) is 4.74 Å². The predicted molar refractivity (Wildman–Crippen MR) is 108 cm³/mol. The molecular weight excluding hydrogens is 414 g/mol. The molecule has 0 bridgehead atoms. The number of benzene rings is 2. The smallest absolute Gasteiger partial charge is 0.337 e. The van der Waals surface area contributed by atoms with Gasteiger partial charge in [-0.25, -0.2) is 13.2 Å². The molecule has 3 rings (SSSR count). The van der Waals surface area contributed by atoms with Crippen LogP contribution in [0.3, 0.4) is 0 Å². The summed E-state index contributed by atoms with van der Waals surface area (Å²) in [6.45, 7) is 0. The summed E-state index contributed by atoms with van der Waals surface area (Å²) >= 11 is 5.79. The molecule has 2 aromatic carbocycles. The average molecular weight is 428 g/mol. The molecule has 3 aromatic rings. The number of carbonyl (C=O) groups excluding carboxylic acids is 1. The predicted octanol–water partition coefficient (Wildman–Crippen LogP) is 4.72. The molecule has 0 saturated carbocycles. The Morgan fingerprint density at radius 3 is 2.31 bits per heavy atom. The number of hydrogen-bond donors (Lipinski definition) is 0. The number of hydrogen-bond acceptors (Lipinski definition) is 6. The highest BCUT2D eigenvalue weighted by Gasteiger charge is 2.21. The quantitative estimate of drug-likeness (QED) is 0.431. The third-order valence-corrected chi connectivity index (χ3v) is 5.95. The van der Waals surface area contributed by atoms with Crippen LogP contribution in [-0.2, 0) is 14.6 Å². The van der Waals surface area contributed by atoms with Gasteiger partial charge in [-0.05, 0) is 48.5 Å². The number of carbonyl (C=O) groups is 1. The van der Waals surface area contributed by atoms with Crippen molar-refractivity contribution in [2.45, 2.75) is 4.90 Å². The third-order valence-electron chi connectivity index (χ3n) is 4.01. The Morgan fingerprint density at radius 1 is 1.07 bits per heavy atom. The molecule has 29 heavy (non-hydrogen) atoms. The summed E-state index contributed by atoms with van der Waals surface area (Å²) in [7, 11) is -2.71. The minimum atomic E-state index is -4.01. The van der Waals surface area contributed by atoms with E-state index in [1.807, 2.05) is 0 Å². The number of sulfone groups is 1. The molecule has 8 heteroatoms. The monoisotopic (exact) mass is 427 g/mol. The molecule has 0 atom stereocenters. The van der Waals surface area contributed by atoms with Crippen LogP contribution in [0.15, 0.2) is 74.9 Å². The molecule has 1 heterocycles. The zero-order valence-electron chi connectivity index (χ0n) is 15.1. The number of allylic oxidation sites excluding steroid dienone is 1. The van der Waals surface area contributed by atoms with Crippen molar-refractivity contribution in [3.05, 3.63) is 81.9 Å². The zero-order chi connectivity index (χ0) is 21.0. The van der Waals surface area contributed by atoms with Crippen molar-refractivity contribution < 1.29 is 22.4 Å². The molecule has 0 aliphatic rings. The summed E-state index contributed by atoms with van der Waals surface area (Å²) in [4.78, 5) is 11.0. The normalized spacial score (nSPS) is 11.7. The van der Waals surface area contributed by atoms with Crippen LogP contribution in [0.1, 0.15) is 16.1 Å². The molecule has 0 unspecified atom stereocenters. The number of esters is 1. The van der Waals surface area contributed by atoms with E-state index in [1.54, 1.807) is 42.5 Å². The Balaban J connectivity index is 1.91. The minimum absolute atomic E-state index is 0.0418. The van der Waals surface area contributed by atoms with Gasteiger partial charge in [-0.15, -0.1) is 0 Å². The molecule has 0 aliphatic carbocycles. The van der Waals surface area contributed by atoms with Crippen molar-refractivity contribution in [3.63, 3.8) is 0 Å². The number of rotatable bonds is 5. The van der Waals surface area contributed by atoms with Crippen molar-refractivity contribution in [1.82, 2.24) is 0 Å². The SMILES string of the molecule is COC(=O)c1ccc(-c2ccc(/C=C(/C#N)S(=O)(=O)c3ccc(Cl)cc3)o2)cc1. The molecule has 1 aromatic heterocycles. The summed E-state index contributed by atoms with van der Waals surface area (Å²) < 4.78 is 35.6. The number of halogens is 1. The number of furan rings is 1. The number of nitriles is 1. The van der Waals surface area contributed by atoms with E-state index in [0.717, 1.165) is 6.08 Å². The van der Waals surface area contributed by atoms with Crippen LogP contribution >= 0.6 is 11.6 Å². The fraction of sp³-hybridized carbons (Fsp3) is 0.0476. The van der Waals surface area contributed by atoms with Gasteiger partial charge >= 0.3 is 5.97 Å². The Kier molecular flexibility index (Phi) is 5.87. The Hall–Kier alpha value is -3.34. The largest absolute Gasteiger partial charge is 0.465 e. The first-order chi connectivity index (χ1) is 13.8. The number of ether oxygens (including phenoxy) is 1. The third kappa shape index (κ3) is 4.40. The maximum Gasteiger partial charge on any atom is 0.337 e. The van der Waals surface area contributed by atoms with Gasteiger partial charge in [-0.1, -0.05) is 23.7 Å². The van der Waals surface area contributed by atoms with Crippen LogP contribution in [0.5, 0.6) is 0 Å². The molecule has 0 spiro atoms. The molecule has 6 nitrogen and oxygen atoms in total. The van der Waals surface area contributed by atoms with Gasteiger partial charge in [0.25, 0.3) is 0 Å². The Morgan fingerprint density at radius 2 is 1.72 bits per heavy atom. The van der Waals surface area contributed by atoms with Gasteiger partial charge < -0.3 is 9.15 Å². The maximum atomic E-state index is 12.7. The second-order valence-corrected chi connectivity index (χ2v) is 8.20. The first-order valence-electron chi connectivity index (χ1n) is 8.26. The summed E-state index contributed by atoms with van der Waals surface area (Å²) in [5.74, 6) is 0.200. The van der Waals surface area contributed by atoms with Gasteiger partial charge in [0.15, 0.2) is 4.91 Å². The van der Waals surface area contributed by atoms with E-state index in [9.17, 15) is 18.5 Å². The molecule has 0 radical (unpaired) electrons. The van der Waals surface area contributed by atoms with E-state index in [0.29, 0.717) is 21.9 Å².